The quantitative estimate of drug-likeness (QED) is 0.877. The lowest BCUT2D eigenvalue weighted by Crippen LogP contribution is -2.38. The molecule has 1 aromatic carbocycles. The number of hydrogen-bond acceptors (Lipinski definition) is 2. The van der Waals surface area contributed by atoms with Crippen molar-refractivity contribution < 1.29 is 4.79 Å². The molecule has 102 valence electrons. The molecular weight excluding hydrogens is 238 g/mol. The SMILES string of the molecule is NC(=O)N(CC1CCCC1)c1ccc2c(c1)NCC2. The summed E-state index contributed by atoms with van der Waals surface area (Å²) in [5.74, 6) is 0.605. The Morgan fingerprint density at radius 2 is 2.16 bits per heavy atom. The van der Waals surface area contributed by atoms with Gasteiger partial charge in [0, 0.05) is 24.5 Å². The predicted octanol–water partition coefficient (Wildman–Crippen LogP) is 2.73. The topological polar surface area (TPSA) is 58.4 Å². The van der Waals surface area contributed by atoms with Gasteiger partial charge in [0.25, 0.3) is 0 Å². The third-order valence-electron chi connectivity index (χ3n) is 4.30. The van der Waals surface area contributed by atoms with Crippen molar-refractivity contribution in [3.8, 4) is 0 Å². The molecule has 4 nitrogen and oxygen atoms in total. The van der Waals surface area contributed by atoms with Gasteiger partial charge in [0.1, 0.15) is 0 Å². The molecular formula is C15H21N3O. The number of carbonyl (C=O) groups is 1. The first-order chi connectivity index (χ1) is 9.24. The van der Waals surface area contributed by atoms with E-state index in [1.165, 1.54) is 31.2 Å². The Bertz CT molecular complexity index is 480. The molecule has 1 aromatic rings. The smallest absolute Gasteiger partial charge is 0.319 e. The standard InChI is InChI=1S/C15H21N3O/c16-15(19)18(10-11-3-1-2-4-11)13-6-5-12-7-8-17-14(12)9-13/h5-6,9,11,17H,1-4,7-8,10H2,(H2,16,19). The molecule has 1 saturated carbocycles. The molecule has 19 heavy (non-hydrogen) atoms. The maximum atomic E-state index is 11.7. The molecule has 0 unspecified atom stereocenters. The third-order valence-corrected chi connectivity index (χ3v) is 4.30. The number of fused-ring (bicyclic) bond motifs is 1. The van der Waals surface area contributed by atoms with Gasteiger partial charge in [-0.15, -0.1) is 0 Å². The van der Waals surface area contributed by atoms with Crippen molar-refractivity contribution in [1.82, 2.24) is 0 Å². The lowest BCUT2D eigenvalue weighted by Gasteiger charge is -2.24. The number of rotatable bonds is 3. The summed E-state index contributed by atoms with van der Waals surface area (Å²) in [6.07, 6.45) is 6.06. The Hall–Kier alpha value is -1.71. The van der Waals surface area contributed by atoms with Gasteiger partial charge < -0.3 is 11.1 Å². The van der Waals surface area contributed by atoms with Gasteiger partial charge in [0.2, 0.25) is 0 Å². The molecule has 1 fully saturated rings. The van der Waals surface area contributed by atoms with E-state index in [1.54, 1.807) is 4.90 Å². The van der Waals surface area contributed by atoms with E-state index in [4.69, 9.17) is 5.73 Å². The average Bonchev–Trinajstić information content (AvgIpc) is 3.05. The molecule has 0 bridgehead atoms. The second-order valence-corrected chi connectivity index (χ2v) is 5.62. The van der Waals surface area contributed by atoms with Crippen LogP contribution in [0, 0.1) is 5.92 Å². The summed E-state index contributed by atoms with van der Waals surface area (Å²) in [4.78, 5) is 13.4. The Kier molecular flexibility index (Phi) is 3.32. The molecule has 3 N–H and O–H groups in total. The van der Waals surface area contributed by atoms with E-state index in [0.717, 1.165) is 30.9 Å². The van der Waals surface area contributed by atoms with E-state index >= 15 is 0 Å². The predicted molar refractivity (Wildman–Crippen MR) is 77.5 cm³/mol. The van der Waals surface area contributed by atoms with E-state index in [9.17, 15) is 4.79 Å². The van der Waals surface area contributed by atoms with Crippen LogP contribution in [0.25, 0.3) is 0 Å². The van der Waals surface area contributed by atoms with Crippen molar-refractivity contribution in [3.63, 3.8) is 0 Å². The second-order valence-electron chi connectivity index (χ2n) is 5.62. The summed E-state index contributed by atoms with van der Waals surface area (Å²) in [6.45, 7) is 1.74. The summed E-state index contributed by atoms with van der Waals surface area (Å²) in [7, 11) is 0. The molecule has 0 aromatic heterocycles. The number of urea groups is 1. The summed E-state index contributed by atoms with van der Waals surface area (Å²) in [5, 5.41) is 3.35. The van der Waals surface area contributed by atoms with E-state index < -0.39 is 0 Å². The number of anilines is 2. The van der Waals surface area contributed by atoms with Crippen LogP contribution in [0.2, 0.25) is 0 Å². The van der Waals surface area contributed by atoms with Crippen molar-refractivity contribution in [2.24, 2.45) is 11.7 Å². The van der Waals surface area contributed by atoms with Crippen molar-refractivity contribution in [3.05, 3.63) is 23.8 Å². The van der Waals surface area contributed by atoms with E-state index in [2.05, 4.69) is 17.4 Å². The Labute approximate surface area is 114 Å². The third kappa shape index (κ3) is 2.53. The normalized spacial score (nSPS) is 18.1. The molecule has 4 heteroatoms. The zero-order chi connectivity index (χ0) is 13.2. The zero-order valence-corrected chi connectivity index (χ0v) is 11.2. The zero-order valence-electron chi connectivity index (χ0n) is 11.2. The van der Waals surface area contributed by atoms with Crippen LogP contribution < -0.4 is 16.0 Å². The van der Waals surface area contributed by atoms with E-state index in [0.29, 0.717) is 5.92 Å². The molecule has 1 heterocycles. The number of amides is 2. The summed E-state index contributed by atoms with van der Waals surface area (Å²) in [5.41, 5.74) is 8.96. The lowest BCUT2D eigenvalue weighted by atomic mass is 10.1. The summed E-state index contributed by atoms with van der Waals surface area (Å²) in [6, 6.07) is 5.84. The fourth-order valence-electron chi connectivity index (χ4n) is 3.22. The maximum Gasteiger partial charge on any atom is 0.319 e. The maximum absolute atomic E-state index is 11.7. The van der Waals surface area contributed by atoms with Crippen molar-refractivity contribution >= 4 is 17.4 Å². The highest BCUT2D eigenvalue weighted by Crippen LogP contribution is 2.31. The van der Waals surface area contributed by atoms with Gasteiger partial charge in [-0.05, 0) is 42.9 Å². The molecule has 3 rings (SSSR count). The first kappa shape index (κ1) is 12.3. The highest BCUT2D eigenvalue weighted by molar-refractivity contribution is 5.91. The van der Waals surface area contributed by atoms with Crippen molar-refractivity contribution in [2.45, 2.75) is 32.1 Å². The molecule has 0 spiro atoms. The van der Waals surface area contributed by atoms with Gasteiger partial charge in [-0.3, -0.25) is 4.90 Å². The van der Waals surface area contributed by atoms with Crippen LogP contribution in [0.4, 0.5) is 16.2 Å². The van der Waals surface area contributed by atoms with Crippen LogP contribution in [-0.2, 0) is 6.42 Å². The molecule has 0 saturated heterocycles. The Morgan fingerprint density at radius 1 is 1.37 bits per heavy atom. The van der Waals surface area contributed by atoms with Crippen molar-refractivity contribution in [1.29, 1.82) is 0 Å². The molecule has 2 aliphatic rings. The van der Waals surface area contributed by atoms with Gasteiger partial charge in [0.15, 0.2) is 0 Å². The van der Waals surface area contributed by atoms with Gasteiger partial charge in [-0.25, -0.2) is 4.79 Å². The van der Waals surface area contributed by atoms with Crippen LogP contribution in [0.1, 0.15) is 31.2 Å². The first-order valence-corrected chi connectivity index (χ1v) is 7.18. The molecule has 1 aliphatic carbocycles. The highest BCUT2D eigenvalue weighted by atomic mass is 16.2. The molecule has 1 aliphatic heterocycles. The molecule has 0 radical (unpaired) electrons. The fraction of sp³-hybridized carbons (Fsp3) is 0.533. The Balaban J connectivity index is 1.81. The van der Waals surface area contributed by atoms with Crippen molar-refractivity contribution in [2.75, 3.05) is 23.3 Å². The van der Waals surface area contributed by atoms with Gasteiger partial charge in [-0.1, -0.05) is 18.9 Å². The second kappa shape index (κ2) is 5.11. The van der Waals surface area contributed by atoms with Crippen LogP contribution in [0.15, 0.2) is 18.2 Å². The number of hydrogen-bond donors (Lipinski definition) is 2. The number of nitrogens with zero attached hydrogens (tertiary/aromatic N) is 1. The van der Waals surface area contributed by atoms with Crippen LogP contribution in [0.5, 0.6) is 0 Å². The number of primary amides is 1. The summed E-state index contributed by atoms with van der Waals surface area (Å²) < 4.78 is 0. The number of nitrogens with two attached hydrogens (primary N) is 1. The van der Waals surface area contributed by atoms with E-state index in [-0.39, 0.29) is 6.03 Å². The Morgan fingerprint density at radius 3 is 2.89 bits per heavy atom. The minimum atomic E-state index is -0.343. The average molecular weight is 259 g/mol. The van der Waals surface area contributed by atoms with Crippen LogP contribution in [-0.4, -0.2) is 19.1 Å². The highest BCUT2D eigenvalue weighted by Gasteiger charge is 2.22. The summed E-state index contributed by atoms with van der Waals surface area (Å²) >= 11 is 0. The van der Waals surface area contributed by atoms with Gasteiger partial charge in [-0.2, -0.15) is 0 Å². The molecule has 2 amide bonds. The van der Waals surface area contributed by atoms with Gasteiger partial charge in [0.05, 0.1) is 0 Å². The first-order valence-electron chi connectivity index (χ1n) is 7.18. The van der Waals surface area contributed by atoms with Crippen LogP contribution >= 0.6 is 0 Å². The number of nitrogens with one attached hydrogen (secondary N) is 1. The minimum absolute atomic E-state index is 0.343. The number of benzene rings is 1. The lowest BCUT2D eigenvalue weighted by molar-refractivity contribution is 0.252. The number of carbonyl (C=O) groups excluding carboxylic acids is 1. The van der Waals surface area contributed by atoms with E-state index in [1.807, 2.05) is 6.07 Å². The largest absolute Gasteiger partial charge is 0.384 e. The molecule has 0 atom stereocenters. The minimum Gasteiger partial charge on any atom is -0.384 e. The fourth-order valence-corrected chi connectivity index (χ4v) is 3.22. The monoisotopic (exact) mass is 259 g/mol. The van der Waals surface area contributed by atoms with Gasteiger partial charge >= 0.3 is 6.03 Å². The van der Waals surface area contributed by atoms with Crippen LogP contribution in [0.3, 0.4) is 0 Å².